The Labute approximate surface area is 161 Å². The maximum Gasteiger partial charge on any atom is 0.312 e. The first kappa shape index (κ1) is 18.8. The third-order valence-electron chi connectivity index (χ3n) is 4.08. The zero-order valence-electron chi connectivity index (χ0n) is 14.5. The van der Waals surface area contributed by atoms with E-state index in [9.17, 15) is 9.59 Å². The number of para-hydroxylation sites is 2. The van der Waals surface area contributed by atoms with Crippen LogP contribution < -0.4 is 25.8 Å². The normalized spacial score (nSPS) is 16.3. The van der Waals surface area contributed by atoms with Gasteiger partial charge in [0.25, 0.3) is 0 Å². The SMILES string of the molecule is NC(=O)N[C@@H](CC(=O)NC[C@H]1COc2ccccc2O1)c1ccccc1Cl. The van der Waals surface area contributed by atoms with Gasteiger partial charge in [-0.3, -0.25) is 4.79 Å². The van der Waals surface area contributed by atoms with Crippen LogP contribution in [0.4, 0.5) is 4.79 Å². The largest absolute Gasteiger partial charge is 0.486 e. The van der Waals surface area contributed by atoms with E-state index in [1.807, 2.05) is 24.3 Å². The number of primary amides is 1. The molecule has 0 aliphatic carbocycles. The summed E-state index contributed by atoms with van der Waals surface area (Å²) in [5, 5.41) is 5.80. The fourth-order valence-electron chi connectivity index (χ4n) is 2.82. The smallest absolute Gasteiger partial charge is 0.312 e. The van der Waals surface area contributed by atoms with Crippen molar-refractivity contribution in [1.29, 1.82) is 0 Å². The van der Waals surface area contributed by atoms with Gasteiger partial charge in [-0.25, -0.2) is 4.79 Å². The molecule has 2 aromatic carbocycles. The number of urea groups is 1. The number of hydrogen-bond donors (Lipinski definition) is 3. The maximum absolute atomic E-state index is 12.4. The first-order chi connectivity index (χ1) is 13.0. The van der Waals surface area contributed by atoms with Crippen molar-refractivity contribution in [3.63, 3.8) is 0 Å². The lowest BCUT2D eigenvalue weighted by Crippen LogP contribution is -2.42. The third kappa shape index (κ3) is 5.04. The predicted octanol–water partition coefficient (Wildman–Crippen LogP) is 2.40. The second kappa shape index (κ2) is 8.64. The average molecular weight is 390 g/mol. The van der Waals surface area contributed by atoms with E-state index in [4.69, 9.17) is 26.8 Å². The van der Waals surface area contributed by atoms with Crippen molar-refractivity contribution < 1.29 is 19.1 Å². The standard InChI is InChI=1S/C19H20ClN3O4/c20-14-6-2-1-5-13(14)15(23-19(21)25)9-18(24)22-10-12-11-26-16-7-3-4-8-17(16)27-12/h1-8,12,15H,9-11H2,(H,22,24)(H3,21,23,25)/t12-,15-/m0/s1. The Bertz CT molecular complexity index is 830. The molecule has 0 unspecified atom stereocenters. The van der Waals surface area contributed by atoms with Crippen molar-refractivity contribution in [2.75, 3.05) is 13.2 Å². The van der Waals surface area contributed by atoms with Crippen molar-refractivity contribution >= 4 is 23.5 Å². The van der Waals surface area contributed by atoms with Crippen LogP contribution in [0.3, 0.4) is 0 Å². The van der Waals surface area contributed by atoms with Crippen LogP contribution in [0.5, 0.6) is 11.5 Å². The first-order valence-corrected chi connectivity index (χ1v) is 8.86. The molecule has 3 rings (SSSR count). The number of nitrogens with one attached hydrogen (secondary N) is 2. The molecule has 1 aliphatic heterocycles. The molecule has 0 bridgehead atoms. The molecule has 142 valence electrons. The highest BCUT2D eigenvalue weighted by Gasteiger charge is 2.23. The minimum atomic E-state index is -0.728. The molecule has 2 aromatic rings. The molecular weight excluding hydrogens is 370 g/mol. The summed E-state index contributed by atoms with van der Waals surface area (Å²) in [6.45, 7) is 0.615. The van der Waals surface area contributed by atoms with E-state index < -0.39 is 12.1 Å². The van der Waals surface area contributed by atoms with Crippen LogP contribution >= 0.6 is 11.6 Å². The molecule has 8 heteroatoms. The number of ether oxygens (including phenoxy) is 2. The molecule has 3 amide bonds. The molecule has 27 heavy (non-hydrogen) atoms. The summed E-state index contributed by atoms with van der Waals surface area (Å²) in [4.78, 5) is 23.7. The van der Waals surface area contributed by atoms with Gasteiger partial charge in [0.15, 0.2) is 11.5 Å². The van der Waals surface area contributed by atoms with Gasteiger partial charge in [-0.1, -0.05) is 41.9 Å². The van der Waals surface area contributed by atoms with Crippen molar-refractivity contribution in [1.82, 2.24) is 10.6 Å². The summed E-state index contributed by atoms with van der Waals surface area (Å²) in [5.41, 5.74) is 5.86. The molecule has 0 spiro atoms. The van der Waals surface area contributed by atoms with Crippen LogP contribution in [0.15, 0.2) is 48.5 Å². The minimum absolute atomic E-state index is 0.00314. The molecule has 1 heterocycles. The van der Waals surface area contributed by atoms with Crippen LogP contribution in [0, 0.1) is 0 Å². The Morgan fingerprint density at radius 3 is 2.59 bits per heavy atom. The highest BCUT2D eigenvalue weighted by atomic mass is 35.5. The molecule has 1 aliphatic rings. The number of hydrogen-bond acceptors (Lipinski definition) is 4. The van der Waals surface area contributed by atoms with Gasteiger partial charge in [-0.2, -0.15) is 0 Å². The van der Waals surface area contributed by atoms with E-state index in [0.29, 0.717) is 28.7 Å². The van der Waals surface area contributed by atoms with E-state index >= 15 is 0 Å². The molecule has 0 fully saturated rings. The predicted molar refractivity (Wildman–Crippen MR) is 101 cm³/mol. The van der Waals surface area contributed by atoms with Crippen LogP contribution in [0.25, 0.3) is 0 Å². The fraction of sp³-hybridized carbons (Fsp3) is 0.263. The summed E-state index contributed by atoms with van der Waals surface area (Å²) in [6, 6.07) is 13.0. The Morgan fingerprint density at radius 1 is 1.15 bits per heavy atom. The van der Waals surface area contributed by atoms with Crippen molar-refractivity contribution in [2.45, 2.75) is 18.6 Å². The Kier molecular flexibility index (Phi) is 6.03. The summed E-state index contributed by atoms with van der Waals surface area (Å²) in [7, 11) is 0. The summed E-state index contributed by atoms with van der Waals surface area (Å²) in [6.07, 6.45) is -0.302. The van der Waals surface area contributed by atoms with Gasteiger partial charge in [-0.15, -0.1) is 0 Å². The molecule has 0 saturated heterocycles. The summed E-state index contributed by atoms with van der Waals surface area (Å²) < 4.78 is 11.4. The third-order valence-corrected chi connectivity index (χ3v) is 4.43. The number of halogens is 1. The summed E-state index contributed by atoms with van der Waals surface area (Å²) >= 11 is 6.17. The number of nitrogens with two attached hydrogens (primary N) is 1. The average Bonchev–Trinajstić information content (AvgIpc) is 2.66. The van der Waals surface area contributed by atoms with Crippen molar-refractivity contribution in [2.24, 2.45) is 5.73 Å². The molecule has 0 saturated carbocycles. The summed E-state index contributed by atoms with van der Waals surface area (Å²) in [5.74, 6) is 1.06. The van der Waals surface area contributed by atoms with Gasteiger partial charge in [0.05, 0.1) is 19.0 Å². The lowest BCUT2D eigenvalue weighted by Gasteiger charge is -2.27. The quantitative estimate of drug-likeness (QED) is 0.705. The van der Waals surface area contributed by atoms with Gasteiger partial charge in [0.1, 0.15) is 12.7 Å². The lowest BCUT2D eigenvalue weighted by atomic mass is 10.0. The number of rotatable bonds is 6. The molecule has 7 nitrogen and oxygen atoms in total. The van der Waals surface area contributed by atoms with Gasteiger partial charge < -0.3 is 25.8 Å². The topological polar surface area (TPSA) is 103 Å². The fourth-order valence-corrected chi connectivity index (χ4v) is 3.08. The lowest BCUT2D eigenvalue weighted by molar-refractivity contribution is -0.122. The Morgan fingerprint density at radius 2 is 1.85 bits per heavy atom. The number of benzene rings is 2. The van der Waals surface area contributed by atoms with E-state index in [2.05, 4.69) is 10.6 Å². The maximum atomic E-state index is 12.4. The van der Waals surface area contributed by atoms with Crippen molar-refractivity contribution in [3.05, 3.63) is 59.1 Å². The molecule has 2 atom stereocenters. The highest BCUT2D eigenvalue weighted by Crippen LogP contribution is 2.30. The van der Waals surface area contributed by atoms with Gasteiger partial charge in [-0.05, 0) is 23.8 Å². The first-order valence-electron chi connectivity index (χ1n) is 8.48. The zero-order chi connectivity index (χ0) is 19.2. The van der Waals surface area contributed by atoms with Gasteiger partial charge in [0.2, 0.25) is 5.91 Å². The number of amides is 3. The monoisotopic (exact) mass is 389 g/mol. The van der Waals surface area contributed by atoms with E-state index in [1.165, 1.54) is 0 Å². The van der Waals surface area contributed by atoms with E-state index in [0.717, 1.165) is 0 Å². The van der Waals surface area contributed by atoms with Gasteiger partial charge in [0, 0.05) is 5.02 Å². The molecule has 0 aromatic heterocycles. The number of carbonyl (C=O) groups excluding carboxylic acids is 2. The van der Waals surface area contributed by atoms with Crippen molar-refractivity contribution in [3.8, 4) is 11.5 Å². The van der Waals surface area contributed by atoms with Crippen LogP contribution in [-0.2, 0) is 4.79 Å². The van der Waals surface area contributed by atoms with E-state index in [1.54, 1.807) is 24.3 Å². The van der Waals surface area contributed by atoms with Gasteiger partial charge >= 0.3 is 6.03 Å². The second-order valence-corrected chi connectivity index (χ2v) is 6.50. The molecule has 0 radical (unpaired) electrons. The van der Waals surface area contributed by atoms with E-state index in [-0.39, 0.29) is 25.0 Å². The Hall–Kier alpha value is -2.93. The van der Waals surface area contributed by atoms with Crippen LogP contribution in [0.1, 0.15) is 18.0 Å². The second-order valence-electron chi connectivity index (χ2n) is 6.09. The minimum Gasteiger partial charge on any atom is -0.486 e. The molecular formula is C19H20ClN3O4. The molecule has 4 N–H and O–H groups in total. The van der Waals surface area contributed by atoms with Crippen LogP contribution in [-0.4, -0.2) is 31.2 Å². The highest BCUT2D eigenvalue weighted by molar-refractivity contribution is 6.31. The number of fused-ring (bicyclic) bond motifs is 1. The number of carbonyl (C=O) groups is 2. The van der Waals surface area contributed by atoms with Crippen LogP contribution in [0.2, 0.25) is 5.02 Å². The Balaban J connectivity index is 1.57. The zero-order valence-corrected chi connectivity index (χ0v) is 15.2.